The molecule has 0 aromatic carbocycles. The zero-order valence-electron chi connectivity index (χ0n) is 12.4. The molecule has 1 fully saturated rings. The molecular formula is C13H28N2O3S. The number of nitrogens with zero attached hydrogens (tertiary/aromatic N) is 2. The summed E-state index contributed by atoms with van der Waals surface area (Å²) >= 11 is 0. The summed E-state index contributed by atoms with van der Waals surface area (Å²) in [5.74, 6) is 0.321. The fourth-order valence-corrected chi connectivity index (χ4v) is 4.36. The molecule has 0 aliphatic heterocycles. The summed E-state index contributed by atoms with van der Waals surface area (Å²) in [7, 11) is -1.79. The molecule has 19 heavy (non-hydrogen) atoms. The Bertz CT molecular complexity index is 351. The van der Waals surface area contributed by atoms with Crippen LogP contribution in [0.2, 0.25) is 0 Å². The minimum absolute atomic E-state index is 0.0213. The highest BCUT2D eigenvalue weighted by Crippen LogP contribution is 2.27. The van der Waals surface area contributed by atoms with Crippen molar-refractivity contribution in [3.63, 3.8) is 0 Å². The Morgan fingerprint density at radius 2 is 1.84 bits per heavy atom. The standard InChI is InChI=1S/C13H28N2O3S/c1-12(2)11-15(13-7-4-5-8-13)19(17,18)14(3)9-6-10-16/h12-13,16H,4-11H2,1-3H3. The van der Waals surface area contributed by atoms with Gasteiger partial charge in [0, 0.05) is 32.8 Å². The van der Waals surface area contributed by atoms with Crippen molar-refractivity contribution >= 4 is 10.2 Å². The van der Waals surface area contributed by atoms with Gasteiger partial charge in [0.2, 0.25) is 0 Å². The van der Waals surface area contributed by atoms with Gasteiger partial charge in [-0.1, -0.05) is 26.7 Å². The van der Waals surface area contributed by atoms with Gasteiger partial charge >= 0.3 is 0 Å². The van der Waals surface area contributed by atoms with Crippen LogP contribution in [0.15, 0.2) is 0 Å². The molecule has 0 saturated heterocycles. The normalized spacial score (nSPS) is 18.1. The van der Waals surface area contributed by atoms with Crippen molar-refractivity contribution in [2.75, 3.05) is 26.7 Å². The van der Waals surface area contributed by atoms with Gasteiger partial charge in [-0.2, -0.15) is 17.0 Å². The van der Waals surface area contributed by atoms with Gasteiger partial charge < -0.3 is 5.11 Å². The van der Waals surface area contributed by atoms with Gasteiger partial charge in [-0.25, -0.2) is 0 Å². The van der Waals surface area contributed by atoms with Crippen molar-refractivity contribution in [2.24, 2.45) is 5.92 Å². The summed E-state index contributed by atoms with van der Waals surface area (Å²) in [6.07, 6.45) is 4.67. The Labute approximate surface area is 117 Å². The molecule has 1 N–H and O–H groups in total. The van der Waals surface area contributed by atoms with Crippen molar-refractivity contribution < 1.29 is 13.5 Å². The van der Waals surface area contributed by atoms with E-state index in [9.17, 15) is 8.42 Å². The molecule has 114 valence electrons. The maximum absolute atomic E-state index is 12.6. The third-order valence-corrected chi connectivity index (χ3v) is 5.61. The zero-order valence-corrected chi connectivity index (χ0v) is 13.2. The molecule has 0 unspecified atom stereocenters. The van der Waals surface area contributed by atoms with Gasteiger partial charge in [0.25, 0.3) is 10.2 Å². The molecule has 1 aliphatic carbocycles. The zero-order chi connectivity index (χ0) is 14.5. The van der Waals surface area contributed by atoms with Crippen LogP contribution in [0.25, 0.3) is 0 Å². The minimum atomic E-state index is -3.40. The smallest absolute Gasteiger partial charge is 0.281 e. The molecule has 0 amide bonds. The van der Waals surface area contributed by atoms with Crippen LogP contribution in [0.4, 0.5) is 0 Å². The average Bonchev–Trinajstić information content (AvgIpc) is 2.85. The predicted octanol–water partition coefficient (Wildman–Crippen LogP) is 1.45. The van der Waals surface area contributed by atoms with Gasteiger partial charge in [0.05, 0.1) is 0 Å². The lowest BCUT2D eigenvalue weighted by atomic mass is 10.2. The Hall–Kier alpha value is -0.170. The molecule has 5 nitrogen and oxygen atoms in total. The molecule has 1 saturated carbocycles. The van der Waals surface area contributed by atoms with E-state index in [-0.39, 0.29) is 12.6 Å². The Morgan fingerprint density at radius 3 is 2.32 bits per heavy atom. The Balaban J connectivity index is 2.81. The van der Waals surface area contributed by atoms with E-state index < -0.39 is 10.2 Å². The number of aliphatic hydroxyl groups is 1. The highest BCUT2D eigenvalue weighted by atomic mass is 32.2. The Kier molecular flexibility index (Phi) is 6.73. The second-order valence-electron chi connectivity index (χ2n) is 5.81. The molecule has 1 aliphatic rings. The first-order valence-electron chi connectivity index (χ1n) is 7.23. The van der Waals surface area contributed by atoms with Crippen LogP contribution in [-0.4, -0.2) is 54.9 Å². The molecule has 0 spiro atoms. The third kappa shape index (κ3) is 4.70. The number of rotatable bonds is 8. The minimum Gasteiger partial charge on any atom is -0.396 e. The summed E-state index contributed by atoms with van der Waals surface area (Å²) in [6.45, 7) is 5.07. The summed E-state index contributed by atoms with van der Waals surface area (Å²) in [5, 5.41) is 8.84. The van der Waals surface area contributed by atoms with Crippen molar-refractivity contribution in [1.82, 2.24) is 8.61 Å². The molecule has 0 aromatic rings. The first-order valence-corrected chi connectivity index (χ1v) is 8.63. The van der Waals surface area contributed by atoms with E-state index in [0.717, 1.165) is 25.7 Å². The van der Waals surface area contributed by atoms with Crippen LogP contribution in [0.5, 0.6) is 0 Å². The first kappa shape index (κ1) is 16.9. The van der Waals surface area contributed by atoms with E-state index in [1.807, 2.05) is 13.8 Å². The molecule has 6 heteroatoms. The highest BCUT2D eigenvalue weighted by Gasteiger charge is 2.34. The predicted molar refractivity (Wildman–Crippen MR) is 77.1 cm³/mol. The number of hydrogen-bond donors (Lipinski definition) is 1. The number of hydrogen-bond acceptors (Lipinski definition) is 3. The van der Waals surface area contributed by atoms with E-state index in [2.05, 4.69) is 0 Å². The molecule has 0 aromatic heterocycles. The first-order chi connectivity index (χ1) is 8.89. The van der Waals surface area contributed by atoms with Gasteiger partial charge in [0.15, 0.2) is 0 Å². The fourth-order valence-electron chi connectivity index (χ4n) is 2.57. The van der Waals surface area contributed by atoms with E-state index in [4.69, 9.17) is 5.11 Å². The second kappa shape index (κ2) is 7.57. The number of aliphatic hydroxyl groups excluding tert-OH is 1. The van der Waals surface area contributed by atoms with Crippen molar-refractivity contribution in [3.8, 4) is 0 Å². The summed E-state index contributed by atoms with van der Waals surface area (Å²) in [6, 6.07) is 0.156. The van der Waals surface area contributed by atoms with Gasteiger partial charge in [0.1, 0.15) is 0 Å². The SMILES string of the molecule is CC(C)CN(C1CCCC1)S(=O)(=O)N(C)CCCO. The summed E-state index contributed by atoms with van der Waals surface area (Å²) in [5.41, 5.74) is 0. The van der Waals surface area contributed by atoms with Crippen LogP contribution in [0.3, 0.4) is 0 Å². The largest absolute Gasteiger partial charge is 0.396 e. The Morgan fingerprint density at radius 1 is 1.26 bits per heavy atom. The quantitative estimate of drug-likeness (QED) is 0.736. The van der Waals surface area contributed by atoms with Crippen LogP contribution < -0.4 is 0 Å². The lowest BCUT2D eigenvalue weighted by Gasteiger charge is -2.33. The lowest BCUT2D eigenvalue weighted by Crippen LogP contribution is -2.48. The van der Waals surface area contributed by atoms with E-state index in [1.165, 1.54) is 4.31 Å². The van der Waals surface area contributed by atoms with Crippen LogP contribution in [0, 0.1) is 5.92 Å². The van der Waals surface area contributed by atoms with Crippen molar-refractivity contribution in [3.05, 3.63) is 0 Å². The molecular weight excluding hydrogens is 264 g/mol. The maximum Gasteiger partial charge on any atom is 0.281 e. The van der Waals surface area contributed by atoms with Crippen molar-refractivity contribution in [1.29, 1.82) is 0 Å². The third-order valence-electron chi connectivity index (χ3n) is 3.60. The molecule has 0 radical (unpaired) electrons. The average molecular weight is 292 g/mol. The highest BCUT2D eigenvalue weighted by molar-refractivity contribution is 7.86. The second-order valence-corrected chi connectivity index (χ2v) is 7.80. The molecule has 0 atom stereocenters. The van der Waals surface area contributed by atoms with Gasteiger partial charge in [-0.05, 0) is 25.2 Å². The lowest BCUT2D eigenvalue weighted by molar-refractivity contribution is 0.253. The fraction of sp³-hybridized carbons (Fsp3) is 1.00. The van der Waals surface area contributed by atoms with E-state index in [1.54, 1.807) is 11.4 Å². The van der Waals surface area contributed by atoms with E-state index >= 15 is 0 Å². The van der Waals surface area contributed by atoms with Crippen LogP contribution in [-0.2, 0) is 10.2 Å². The topological polar surface area (TPSA) is 60.9 Å². The van der Waals surface area contributed by atoms with Crippen LogP contribution in [0.1, 0.15) is 46.0 Å². The molecule has 0 heterocycles. The monoisotopic (exact) mass is 292 g/mol. The molecule has 0 bridgehead atoms. The summed E-state index contributed by atoms with van der Waals surface area (Å²) in [4.78, 5) is 0. The van der Waals surface area contributed by atoms with Crippen molar-refractivity contribution in [2.45, 2.75) is 52.0 Å². The van der Waals surface area contributed by atoms with Crippen LogP contribution >= 0.6 is 0 Å². The van der Waals surface area contributed by atoms with E-state index in [0.29, 0.717) is 25.4 Å². The maximum atomic E-state index is 12.6. The van der Waals surface area contributed by atoms with Gasteiger partial charge in [-0.15, -0.1) is 0 Å². The molecule has 1 rings (SSSR count). The summed E-state index contributed by atoms with van der Waals surface area (Å²) < 4.78 is 28.3. The van der Waals surface area contributed by atoms with Gasteiger partial charge in [-0.3, -0.25) is 0 Å².